The Labute approximate surface area is 115 Å². The minimum Gasteiger partial charge on any atom is -0.481 e. The van der Waals surface area contributed by atoms with Gasteiger partial charge in [-0.3, -0.25) is 4.79 Å². The SMILES string of the molecule is O=C(O)C1(Cc2nccs2)CCCc2ccccc21. The van der Waals surface area contributed by atoms with E-state index in [1.807, 2.05) is 29.6 Å². The maximum atomic E-state index is 11.9. The molecule has 4 heteroatoms. The fourth-order valence-corrected chi connectivity index (χ4v) is 3.73. The number of thiazole rings is 1. The molecule has 1 aliphatic carbocycles. The van der Waals surface area contributed by atoms with Crippen LogP contribution in [0.15, 0.2) is 35.8 Å². The molecule has 1 unspecified atom stereocenters. The number of aryl methyl sites for hydroxylation is 1. The second-order valence-electron chi connectivity index (χ2n) is 5.00. The van der Waals surface area contributed by atoms with Crippen LogP contribution in [0.5, 0.6) is 0 Å². The molecule has 0 saturated carbocycles. The Morgan fingerprint density at radius 3 is 3.00 bits per heavy atom. The predicted molar refractivity (Wildman–Crippen MR) is 74.5 cm³/mol. The topological polar surface area (TPSA) is 50.2 Å². The maximum absolute atomic E-state index is 11.9. The Bertz CT molecular complexity index is 594. The van der Waals surface area contributed by atoms with Gasteiger partial charge in [-0.05, 0) is 30.4 Å². The number of benzene rings is 1. The summed E-state index contributed by atoms with van der Waals surface area (Å²) in [6.45, 7) is 0. The lowest BCUT2D eigenvalue weighted by Gasteiger charge is -2.35. The van der Waals surface area contributed by atoms with E-state index in [0.717, 1.165) is 23.4 Å². The highest BCUT2D eigenvalue weighted by atomic mass is 32.1. The lowest BCUT2D eigenvalue weighted by molar-refractivity contribution is -0.144. The smallest absolute Gasteiger partial charge is 0.314 e. The molecule has 98 valence electrons. The van der Waals surface area contributed by atoms with Crippen molar-refractivity contribution < 1.29 is 9.90 Å². The minimum absolute atomic E-state index is 0.497. The number of aromatic nitrogens is 1. The zero-order valence-corrected chi connectivity index (χ0v) is 11.3. The van der Waals surface area contributed by atoms with Crippen molar-refractivity contribution in [2.45, 2.75) is 31.1 Å². The lowest BCUT2D eigenvalue weighted by atomic mass is 9.68. The fourth-order valence-electron chi connectivity index (χ4n) is 3.00. The molecule has 0 radical (unpaired) electrons. The van der Waals surface area contributed by atoms with Crippen molar-refractivity contribution >= 4 is 17.3 Å². The standard InChI is InChI=1S/C15H15NO2S/c17-14(18)15(10-13-16-8-9-19-13)7-3-5-11-4-1-2-6-12(11)15/h1-2,4,6,8-9H,3,5,7,10H2,(H,17,18). The van der Waals surface area contributed by atoms with E-state index in [2.05, 4.69) is 4.98 Å². The van der Waals surface area contributed by atoms with E-state index in [9.17, 15) is 9.90 Å². The monoisotopic (exact) mass is 273 g/mol. The Morgan fingerprint density at radius 1 is 1.42 bits per heavy atom. The Balaban J connectivity index is 2.09. The first kappa shape index (κ1) is 12.4. The summed E-state index contributed by atoms with van der Waals surface area (Å²) >= 11 is 1.53. The van der Waals surface area contributed by atoms with Crippen molar-refractivity contribution in [3.63, 3.8) is 0 Å². The molecule has 0 bridgehead atoms. The van der Waals surface area contributed by atoms with Crippen molar-refractivity contribution in [3.8, 4) is 0 Å². The van der Waals surface area contributed by atoms with Crippen molar-refractivity contribution in [1.29, 1.82) is 0 Å². The van der Waals surface area contributed by atoms with E-state index >= 15 is 0 Å². The number of rotatable bonds is 3. The van der Waals surface area contributed by atoms with Crippen LogP contribution in [0.1, 0.15) is 29.0 Å². The van der Waals surface area contributed by atoms with Crippen molar-refractivity contribution in [2.75, 3.05) is 0 Å². The first-order valence-electron chi connectivity index (χ1n) is 6.42. The number of aliphatic carboxylic acids is 1. The number of carboxylic acids is 1. The van der Waals surface area contributed by atoms with Gasteiger partial charge in [0.05, 0.1) is 10.4 Å². The molecule has 0 saturated heterocycles. The normalized spacial score (nSPS) is 21.9. The van der Waals surface area contributed by atoms with Crippen molar-refractivity contribution in [1.82, 2.24) is 4.98 Å². The van der Waals surface area contributed by atoms with Crippen LogP contribution in [0.3, 0.4) is 0 Å². The van der Waals surface area contributed by atoms with Gasteiger partial charge in [0, 0.05) is 18.0 Å². The molecule has 1 heterocycles. The first-order valence-corrected chi connectivity index (χ1v) is 7.30. The van der Waals surface area contributed by atoms with Gasteiger partial charge in [0.1, 0.15) is 0 Å². The summed E-state index contributed by atoms with van der Waals surface area (Å²) in [6.07, 6.45) is 4.83. The molecule has 1 atom stereocenters. The third-order valence-corrected chi connectivity index (χ3v) is 4.71. The largest absolute Gasteiger partial charge is 0.481 e. The number of nitrogens with zero attached hydrogens (tertiary/aromatic N) is 1. The molecular formula is C15H15NO2S. The number of carboxylic acid groups (broad SMARTS) is 1. The molecule has 1 aliphatic rings. The second kappa shape index (κ2) is 4.78. The van der Waals surface area contributed by atoms with Gasteiger partial charge in [0.25, 0.3) is 0 Å². The zero-order valence-electron chi connectivity index (χ0n) is 10.5. The van der Waals surface area contributed by atoms with E-state index < -0.39 is 11.4 Å². The van der Waals surface area contributed by atoms with Crippen LogP contribution in [0, 0.1) is 0 Å². The van der Waals surface area contributed by atoms with E-state index in [0.29, 0.717) is 12.8 Å². The van der Waals surface area contributed by atoms with Gasteiger partial charge in [-0.1, -0.05) is 24.3 Å². The molecule has 0 amide bonds. The minimum atomic E-state index is -0.799. The summed E-state index contributed by atoms with van der Waals surface area (Å²) in [5.74, 6) is -0.727. The summed E-state index contributed by atoms with van der Waals surface area (Å²) in [7, 11) is 0. The Hall–Kier alpha value is -1.68. The Morgan fingerprint density at radius 2 is 2.26 bits per heavy atom. The van der Waals surface area contributed by atoms with Crippen LogP contribution >= 0.6 is 11.3 Å². The second-order valence-corrected chi connectivity index (χ2v) is 5.98. The summed E-state index contributed by atoms with van der Waals surface area (Å²) in [4.78, 5) is 16.2. The number of hydrogen-bond donors (Lipinski definition) is 1. The molecule has 19 heavy (non-hydrogen) atoms. The summed E-state index contributed by atoms with van der Waals surface area (Å²) in [5, 5.41) is 12.6. The van der Waals surface area contributed by atoms with Crippen LogP contribution in [0.4, 0.5) is 0 Å². The Kier molecular flexibility index (Phi) is 3.11. The zero-order chi connectivity index (χ0) is 13.3. The quantitative estimate of drug-likeness (QED) is 0.935. The summed E-state index contributed by atoms with van der Waals surface area (Å²) < 4.78 is 0. The van der Waals surface area contributed by atoms with Crippen molar-refractivity contribution in [3.05, 3.63) is 52.0 Å². The van der Waals surface area contributed by atoms with E-state index in [-0.39, 0.29) is 0 Å². The fraction of sp³-hybridized carbons (Fsp3) is 0.333. The van der Waals surface area contributed by atoms with Gasteiger partial charge < -0.3 is 5.11 Å². The summed E-state index contributed by atoms with van der Waals surface area (Å²) in [5.41, 5.74) is 1.35. The van der Waals surface area contributed by atoms with E-state index in [4.69, 9.17) is 0 Å². The maximum Gasteiger partial charge on any atom is 0.314 e. The van der Waals surface area contributed by atoms with E-state index in [1.54, 1.807) is 6.20 Å². The van der Waals surface area contributed by atoms with Crippen LogP contribution in [-0.4, -0.2) is 16.1 Å². The highest BCUT2D eigenvalue weighted by Crippen LogP contribution is 2.40. The third kappa shape index (κ3) is 2.06. The van der Waals surface area contributed by atoms with Gasteiger partial charge in [-0.2, -0.15) is 0 Å². The molecular weight excluding hydrogens is 258 g/mol. The lowest BCUT2D eigenvalue weighted by Crippen LogP contribution is -2.41. The van der Waals surface area contributed by atoms with Crippen molar-refractivity contribution in [2.24, 2.45) is 0 Å². The van der Waals surface area contributed by atoms with Gasteiger partial charge in [0.2, 0.25) is 0 Å². The highest BCUT2D eigenvalue weighted by molar-refractivity contribution is 7.09. The molecule has 0 fully saturated rings. The first-order chi connectivity index (χ1) is 9.22. The van der Waals surface area contributed by atoms with E-state index in [1.165, 1.54) is 16.9 Å². The highest BCUT2D eigenvalue weighted by Gasteiger charge is 2.44. The van der Waals surface area contributed by atoms with Gasteiger partial charge in [0.15, 0.2) is 0 Å². The third-order valence-electron chi connectivity index (χ3n) is 3.93. The van der Waals surface area contributed by atoms with Crippen LogP contribution in [-0.2, 0) is 23.1 Å². The summed E-state index contributed by atoms with van der Waals surface area (Å²) in [6, 6.07) is 7.94. The average molecular weight is 273 g/mol. The molecule has 3 rings (SSSR count). The van der Waals surface area contributed by atoms with Crippen LogP contribution in [0.25, 0.3) is 0 Å². The van der Waals surface area contributed by atoms with Gasteiger partial charge in [-0.15, -0.1) is 11.3 Å². The molecule has 3 nitrogen and oxygen atoms in total. The number of fused-ring (bicyclic) bond motifs is 1. The number of carbonyl (C=O) groups is 1. The van der Waals surface area contributed by atoms with Gasteiger partial charge in [-0.25, -0.2) is 4.98 Å². The van der Waals surface area contributed by atoms with Crippen LogP contribution in [0.2, 0.25) is 0 Å². The van der Waals surface area contributed by atoms with Gasteiger partial charge >= 0.3 is 5.97 Å². The molecule has 0 spiro atoms. The average Bonchev–Trinajstić information content (AvgIpc) is 2.91. The molecule has 0 aliphatic heterocycles. The molecule has 1 N–H and O–H groups in total. The predicted octanol–water partition coefficient (Wildman–Crippen LogP) is 3.04. The number of hydrogen-bond acceptors (Lipinski definition) is 3. The molecule has 1 aromatic heterocycles. The molecule has 1 aromatic carbocycles. The molecule has 2 aromatic rings. The van der Waals surface area contributed by atoms with Crippen LogP contribution < -0.4 is 0 Å².